The fourth-order valence-corrected chi connectivity index (χ4v) is 4.57. The fraction of sp³-hybridized carbons (Fsp3) is 0.190. The summed E-state index contributed by atoms with van der Waals surface area (Å²) in [5.74, 6) is 1.69. The molecule has 2 aromatic carbocycles. The number of hydrogen-bond donors (Lipinski definition) is 1. The minimum absolute atomic E-state index is 0.0803. The van der Waals surface area contributed by atoms with E-state index in [1.165, 1.54) is 5.56 Å². The van der Waals surface area contributed by atoms with Crippen molar-refractivity contribution >= 4 is 45.7 Å². The molecular formula is C21H18BrN5OS. The maximum absolute atomic E-state index is 5.92. The van der Waals surface area contributed by atoms with Crippen LogP contribution in [0.5, 0.6) is 5.75 Å². The first kappa shape index (κ1) is 18.4. The Bertz CT molecular complexity index is 1120. The van der Waals surface area contributed by atoms with Gasteiger partial charge >= 0.3 is 0 Å². The van der Waals surface area contributed by atoms with Gasteiger partial charge in [-0.05, 0) is 48.9 Å². The number of aromatic nitrogens is 3. The maximum atomic E-state index is 5.92. The highest BCUT2D eigenvalue weighted by Crippen LogP contribution is 2.35. The van der Waals surface area contributed by atoms with E-state index < -0.39 is 0 Å². The minimum Gasteiger partial charge on any atom is -0.489 e. The Kier molecular flexibility index (Phi) is 4.89. The molecule has 0 saturated carbocycles. The van der Waals surface area contributed by atoms with Gasteiger partial charge in [-0.15, -0.1) is 10.2 Å². The van der Waals surface area contributed by atoms with Crippen LogP contribution in [-0.2, 0) is 6.54 Å². The summed E-state index contributed by atoms with van der Waals surface area (Å²) in [6.45, 7) is 3.19. The summed E-state index contributed by atoms with van der Waals surface area (Å²) in [7, 11) is 0. The number of rotatable bonds is 4. The highest BCUT2D eigenvalue weighted by atomic mass is 79.9. The van der Waals surface area contributed by atoms with Crippen LogP contribution in [0.1, 0.15) is 17.0 Å². The van der Waals surface area contributed by atoms with E-state index in [0.29, 0.717) is 13.2 Å². The van der Waals surface area contributed by atoms with Crippen molar-refractivity contribution in [3.05, 3.63) is 69.5 Å². The summed E-state index contributed by atoms with van der Waals surface area (Å²) >= 11 is 5.16. The van der Waals surface area contributed by atoms with E-state index in [9.17, 15) is 0 Å². The average molecular weight is 468 g/mol. The van der Waals surface area contributed by atoms with Gasteiger partial charge < -0.3 is 10.1 Å². The summed E-state index contributed by atoms with van der Waals surface area (Å²) in [6, 6.07) is 14.3. The smallest absolute Gasteiger partial charge is 0.213 e. The topological polar surface area (TPSA) is 64.3 Å². The zero-order valence-electron chi connectivity index (χ0n) is 15.7. The number of anilines is 1. The van der Waals surface area contributed by atoms with E-state index in [1.807, 2.05) is 18.3 Å². The Morgan fingerprint density at radius 2 is 2.07 bits per heavy atom. The first-order chi connectivity index (χ1) is 14.2. The molecule has 1 aromatic heterocycles. The van der Waals surface area contributed by atoms with Crippen LogP contribution in [0.3, 0.4) is 0 Å². The fourth-order valence-electron chi connectivity index (χ4n) is 3.22. The zero-order chi connectivity index (χ0) is 19.8. The van der Waals surface area contributed by atoms with Gasteiger partial charge in [-0.2, -0.15) is 9.78 Å². The predicted molar refractivity (Wildman–Crippen MR) is 120 cm³/mol. The Morgan fingerprint density at radius 3 is 2.93 bits per heavy atom. The predicted octanol–water partition coefficient (Wildman–Crippen LogP) is 4.75. The summed E-state index contributed by atoms with van der Waals surface area (Å²) in [6.07, 6.45) is 4.12. The first-order valence-electron chi connectivity index (χ1n) is 9.24. The Balaban J connectivity index is 1.31. The third-order valence-electron chi connectivity index (χ3n) is 4.80. The van der Waals surface area contributed by atoms with Crippen molar-refractivity contribution in [3.8, 4) is 5.75 Å². The molecule has 1 atom stereocenters. The Morgan fingerprint density at radius 1 is 1.21 bits per heavy atom. The molecule has 146 valence electrons. The standard InChI is InChI=1S/C21H18BrN5OS/c1-13-2-5-17(6-3-13)23-11-20-25-26-21-27(20)24-10-19(29-21)15-8-14-9-16(22)4-7-18(14)28-12-15/h2-10,19,23H,11-12H2,1H3. The molecule has 1 unspecified atom stereocenters. The van der Waals surface area contributed by atoms with Crippen LogP contribution in [0.2, 0.25) is 0 Å². The monoisotopic (exact) mass is 467 g/mol. The van der Waals surface area contributed by atoms with Gasteiger partial charge in [0.05, 0.1) is 11.8 Å². The molecular weight excluding hydrogens is 450 g/mol. The highest BCUT2D eigenvalue weighted by molar-refractivity contribution is 9.10. The second-order valence-electron chi connectivity index (χ2n) is 6.92. The van der Waals surface area contributed by atoms with Gasteiger partial charge in [0.25, 0.3) is 0 Å². The molecule has 1 N–H and O–H groups in total. The average Bonchev–Trinajstić information content (AvgIpc) is 3.15. The number of benzene rings is 2. The van der Waals surface area contributed by atoms with Crippen molar-refractivity contribution < 1.29 is 4.74 Å². The van der Waals surface area contributed by atoms with Crippen molar-refractivity contribution in [2.45, 2.75) is 23.9 Å². The number of aryl methyl sites for hydroxylation is 1. The van der Waals surface area contributed by atoms with Gasteiger partial charge in [-0.1, -0.05) is 45.4 Å². The number of fused-ring (bicyclic) bond motifs is 2. The number of nitrogens with zero attached hydrogens (tertiary/aromatic N) is 4. The molecule has 2 aliphatic rings. The number of hydrogen-bond acceptors (Lipinski definition) is 6. The third-order valence-corrected chi connectivity index (χ3v) is 6.44. The molecule has 0 amide bonds. The molecule has 0 bridgehead atoms. The van der Waals surface area contributed by atoms with E-state index in [4.69, 9.17) is 4.74 Å². The molecule has 5 rings (SSSR count). The van der Waals surface area contributed by atoms with Crippen molar-refractivity contribution in [3.63, 3.8) is 0 Å². The largest absolute Gasteiger partial charge is 0.489 e. The Labute approximate surface area is 181 Å². The second kappa shape index (κ2) is 7.68. The molecule has 3 aromatic rings. The molecule has 3 heterocycles. The number of ether oxygens (including phenoxy) is 1. The van der Waals surface area contributed by atoms with Crippen molar-refractivity contribution in [1.82, 2.24) is 14.9 Å². The van der Waals surface area contributed by atoms with Gasteiger partial charge in [-0.25, -0.2) is 0 Å². The summed E-state index contributed by atoms with van der Waals surface area (Å²) < 4.78 is 8.75. The lowest BCUT2D eigenvalue weighted by Gasteiger charge is -2.23. The van der Waals surface area contributed by atoms with Gasteiger partial charge in [0, 0.05) is 21.9 Å². The molecule has 0 radical (unpaired) electrons. The number of thioether (sulfide) groups is 1. The van der Waals surface area contributed by atoms with Crippen LogP contribution in [0.4, 0.5) is 5.69 Å². The van der Waals surface area contributed by atoms with Crippen LogP contribution in [0.15, 0.2) is 62.8 Å². The van der Waals surface area contributed by atoms with Crippen molar-refractivity contribution in [2.24, 2.45) is 5.10 Å². The lowest BCUT2D eigenvalue weighted by molar-refractivity contribution is 0.346. The lowest BCUT2D eigenvalue weighted by Crippen LogP contribution is -2.22. The van der Waals surface area contributed by atoms with E-state index in [2.05, 4.69) is 79.9 Å². The number of halogens is 1. The normalized spacial score (nSPS) is 17.2. The van der Waals surface area contributed by atoms with Crippen LogP contribution < -0.4 is 10.1 Å². The molecule has 0 saturated heterocycles. The molecule has 0 spiro atoms. The van der Waals surface area contributed by atoms with Crippen LogP contribution in [0, 0.1) is 6.92 Å². The van der Waals surface area contributed by atoms with Gasteiger partial charge in [0.2, 0.25) is 5.16 Å². The van der Waals surface area contributed by atoms with Crippen LogP contribution in [-0.4, -0.2) is 32.9 Å². The molecule has 2 aliphatic heterocycles. The van der Waals surface area contributed by atoms with Crippen molar-refractivity contribution in [2.75, 3.05) is 11.9 Å². The summed E-state index contributed by atoms with van der Waals surface area (Å²) in [5.41, 5.74) is 4.52. The lowest BCUT2D eigenvalue weighted by atomic mass is 10.1. The van der Waals surface area contributed by atoms with E-state index >= 15 is 0 Å². The van der Waals surface area contributed by atoms with E-state index in [-0.39, 0.29) is 5.25 Å². The van der Waals surface area contributed by atoms with Gasteiger partial charge in [-0.3, -0.25) is 0 Å². The SMILES string of the molecule is Cc1ccc(NCc2nnc3n2N=CC(C2=Cc4cc(Br)ccc4OC2)S3)cc1. The first-order valence-corrected chi connectivity index (χ1v) is 10.9. The number of nitrogens with one attached hydrogen (secondary N) is 1. The quantitative estimate of drug-likeness (QED) is 0.599. The van der Waals surface area contributed by atoms with Gasteiger partial charge in [0.15, 0.2) is 5.82 Å². The molecule has 0 fully saturated rings. The molecule has 29 heavy (non-hydrogen) atoms. The summed E-state index contributed by atoms with van der Waals surface area (Å²) in [4.78, 5) is 0. The Hall–Kier alpha value is -2.58. The van der Waals surface area contributed by atoms with Gasteiger partial charge in [0.1, 0.15) is 12.4 Å². The maximum Gasteiger partial charge on any atom is 0.213 e. The molecule has 0 aliphatic carbocycles. The summed E-state index contributed by atoms with van der Waals surface area (Å²) in [5, 5.41) is 17.5. The molecule has 6 nitrogen and oxygen atoms in total. The van der Waals surface area contributed by atoms with Crippen molar-refractivity contribution in [1.29, 1.82) is 0 Å². The van der Waals surface area contributed by atoms with Crippen LogP contribution in [0.25, 0.3) is 6.08 Å². The minimum atomic E-state index is 0.0803. The highest BCUT2D eigenvalue weighted by Gasteiger charge is 2.26. The van der Waals surface area contributed by atoms with E-state index in [1.54, 1.807) is 16.4 Å². The zero-order valence-corrected chi connectivity index (χ0v) is 18.1. The third kappa shape index (κ3) is 3.82. The van der Waals surface area contributed by atoms with Crippen LogP contribution >= 0.6 is 27.7 Å². The van der Waals surface area contributed by atoms with E-state index in [0.717, 1.165) is 38.0 Å². The second-order valence-corrected chi connectivity index (χ2v) is 8.95. The molecule has 8 heteroatoms.